The number of rotatable bonds is 6. The first-order valence-corrected chi connectivity index (χ1v) is 6.69. The van der Waals surface area contributed by atoms with Gasteiger partial charge in [-0.15, -0.1) is 0 Å². The van der Waals surface area contributed by atoms with Gasteiger partial charge in [0.1, 0.15) is 11.5 Å². The molecule has 2 N–H and O–H groups in total. The van der Waals surface area contributed by atoms with Gasteiger partial charge in [-0.2, -0.15) is 0 Å². The third kappa shape index (κ3) is 3.96. The lowest BCUT2D eigenvalue weighted by atomic mass is 10.1. The van der Waals surface area contributed by atoms with Crippen LogP contribution in [0.1, 0.15) is 29.5 Å². The van der Waals surface area contributed by atoms with Crippen LogP contribution in [0.3, 0.4) is 0 Å². The smallest absolute Gasteiger partial charge is 0.221 e. The van der Waals surface area contributed by atoms with Gasteiger partial charge in [0.2, 0.25) is 5.91 Å². The van der Waals surface area contributed by atoms with Crippen LogP contribution in [0.4, 0.5) is 0 Å². The highest BCUT2D eigenvalue weighted by Gasteiger charge is 2.13. The maximum atomic E-state index is 11.9. The van der Waals surface area contributed by atoms with Crippen LogP contribution in [0.25, 0.3) is 0 Å². The quantitative estimate of drug-likeness (QED) is 0.849. The Balaban J connectivity index is 1.86. The van der Waals surface area contributed by atoms with Gasteiger partial charge in [-0.25, -0.2) is 0 Å². The Morgan fingerprint density at radius 3 is 2.60 bits per heavy atom. The Hall–Kier alpha value is -2.07. The first kappa shape index (κ1) is 14.3. The van der Waals surface area contributed by atoms with Crippen LogP contribution in [0.2, 0.25) is 0 Å². The number of nitrogens with one attached hydrogen (secondary N) is 1. The Morgan fingerprint density at radius 1 is 1.25 bits per heavy atom. The lowest BCUT2D eigenvalue weighted by molar-refractivity contribution is -0.122. The molecule has 2 aromatic rings. The molecular formula is C16H19NO3. The second-order valence-corrected chi connectivity index (χ2v) is 4.73. The first-order chi connectivity index (χ1) is 9.69. The molecule has 1 atom stereocenters. The molecular weight excluding hydrogens is 254 g/mol. The van der Waals surface area contributed by atoms with Crippen molar-refractivity contribution < 1.29 is 14.3 Å². The van der Waals surface area contributed by atoms with Crippen LogP contribution in [-0.4, -0.2) is 17.6 Å². The van der Waals surface area contributed by atoms with E-state index < -0.39 is 0 Å². The molecule has 2 rings (SSSR count). The van der Waals surface area contributed by atoms with Crippen molar-refractivity contribution in [2.45, 2.75) is 25.8 Å². The van der Waals surface area contributed by atoms with Crippen LogP contribution < -0.4 is 5.32 Å². The highest BCUT2D eigenvalue weighted by molar-refractivity contribution is 5.76. The van der Waals surface area contributed by atoms with Gasteiger partial charge >= 0.3 is 0 Å². The number of carbonyl (C=O) groups is 1. The predicted molar refractivity (Wildman–Crippen MR) is 76.2 cm³/mol. The van der Waals surface area contributed by atoms with Crippen LogP contribution >= 0.6 is 0 Å². The molecule has 0 aliphatic carbocycles. The van der Waals surface area contributed by atoms with Crippen LogP contribution in [-0.2, 0) is 11.2 Å². The molecule has 0 bridgehead atoms. The molecule has 4 nitrogen and oxygen atoms in total. The number of aliphatic hydroxyl groups excluding tert-OH is 1. The summed E-state index contributed by atoms with van der Waals surface area (Å²) in [5.41, 5.74) is 0.900. The predicted octanol–water partition coefficient (Wildman–Crippen LogP) is 2.37. The first-order valence-electron chi connectivity index (χ1n) is 6.69. The van der Waals surface area contributed by atoms with E-state index in [1.54, 1.807) is 0 Å². The van der Waals surface area contributed by atoms with E-state index in [1.165, 1.54) is 0 Å². The zero-order valence-corrected chi connectivity index (χ0v) is 11.5. The monoisotopic (exact) mass is 273 g/mol. The van der Waals surface area contributed by atoms with Gasteiger partial charge in [-0.05, 0) is 24.6 Å². The van der Waals surface area contributed by atoms with Gasteiger partial charge in [-0.1, -0.05) is 30.3 Å². The topological polar surface area (TPSA) is 62.5 Å². The summed E-state index contributed by atoms with van der Waals surface area (Å²) < 4.78 is 5.42. The number of furan rings is 1. The summed E-state index contributed by atoms with van der Waals surface area (Å²) in [5.74, 6) is 1.55. The highest BCUT2D eigenvalue weighted by Crippen LogP contribution is 2.13. The van der Waals surface area contributed by atoms with Crippen molar-refractivity contribution in [1.82, 2.24) is 5.32 Å². The number of aryl methyl sites for hydroxylation is 2. The average molecular weight is 273 g/mol. The molecule has 1 heterocycles. The molecule has 0 aliphatic heterocycles. The molecule has 0 spiro atoms. The van der Waals surface area contributed by atoms with Crippen molar-refractivity contribution in [3.05, 3.63) is 59.5 Å². The fourth-order valence-electron chi connectivity index (χ4n) is 2.04. The van der Waals surface area contributed by atoms with E-state index in [2.05, 4.69) is 5.32 Å². The summed E-state index contributed by atoms with van der Waals surface area (Å²) in [7, 11) is 0. The van der Waals surface area contributed by atoms with Crippen LogP contribution in [0.5, 0.6) is 0 Å². The summed E-state index contributed by atoms with van der Waals surface area (Å²) in [4.78, 5) is 11.9. The van der Waals surface area contributed by atoms with E-state index in [4.69, 9.17) is 4.42 Å². The third-order valence-corrected chi connectivity index (χ3v) is 3.11. The summed E-state index contributed by atoms with van der Waals surface area (Å²) in [6.07, 6.45) is 0.906. The van der Waals surface area contributed by atoms with E-state index in [0.29, 0.717) is 12.8 Å². The second kappa shape index (κ2) is 6.91. The molecule has 1 aromatic heterocycles. The lowest BCUT2D eigenvalue weighted by Crippen LogP contribution is -2.30. The minimum atomic E-state index is -0.359. The van der Waals surface area contributed by atoms with Crippen molar-refractivity contribution in [2.75, 3.05) is 6.61 Å². The molecule has 1 unspecified atom stereocenters. The largest absolute Gasteiger partial charge is 0.466 e. The SMILES string of the molecule is Cc1ccc(CCC(=O)NC(CO)c2ccccc2)o1. The summed E-state index contributed by atoms with van der Waals surface area (Å²) >= 11 is 0. The minimum absolute atomic E-state index is 0.0954. The van der Waals surface area contributed by atoms with E-state index >= 15 is 0 Å². The molecule has 0 saturated heterocycles. The third-order valence-electron chi connectivity index (χ3n) is 3.11. The van der Waals surface area contributed by atoms with Gasteiger partial charge in [0.05, 0.1) is 12.6 Å². The zero-order chi connectivity index (χ0) is 14.4. The molecule has 0 aliphatic rings. The molecule has 1 amide bonds. The molecule has 0 radical (unpaired) electrons. The zero-order valence-electron chi connectivity index (χ0n) is 11.5. The molecule has 0 saturated carbocycles. The Morgan fingerprint density at radius 2 is 2.00 bits per heavy atom. The number of amides is 1. The van der Waals surface area contributed by atoms with Crippen molar-refractivity contribution in [3.8, 4) is 0 Å². The number of aliphatic hydroxyl groups is 1. The second-order valence-electron chi connectivity index (χ2n) is 4.73. The number of hydrogen-bond donors (Lipinski definition) is 2. The average Bonchev–Trinajstić information content (AvgIpc) is 2.89. The fraction of sp³-hybridized carbons (Fsp3) is 0.312. The molecule has 0 fully saturated rings. The van der Waals surface area contributed by atoms with Crippen LogP contribution in [0, 0.1) is 6.92 Å². The van der Waals surface area contributed by atoms with E-state index in [0.717, 1.165) is 17.1 Å². The van der Waals surface area contributed by atoms with Gasteiger partial charge in [-0.3, -0.25) is 4.79 Å². The maximum Gasteiger partial charge on any atom is 0.221 e. The Bertz CT molecular complexity index is 548. The lowest BCUT2D eigenvalue weighted by Gasteiger charge is -2.16. The van der Waals surface area contributed by atoms with Crippen molar-refractivity contribution >= 4 is 5.91 Å². The minimum Gasteiger partial charge on any atom is -0.466 e. The normalized spacial score (nSPS) is 12.1. The Kier molecular flexibility index (Phi) is 4.96. The molecule has 106 valence electrons. The number of carbonyl (C=O) groups excluding carboxylic acids is 1. The summed E-state index contributed by atoms with van der Waals surface area (Å²) in [6, 6.07) is 12.8. The standard InChI is InChI=1S/C16H19NO3/c1-12-7-8-14(20-12)9-10-16(19)17-15(11-18)13-5-3-2-4-6-13/h2-8,15,18H,9-11H2,1H3,(H,17,19). The summed E-state index contributed by atoms with van der Waals surface area (Å²) in [5, 5.41) is 12.2. The molecule has 1 aromatic carbocycles. The van der Waals surface area contributed by atoms with Crippen molar-refractivity contribution in [3.63, 3.8) is 0 Å². The van der Waals surface area contributed by atoms with Crippen LogP contribution in [0.15, 0.2) is 46.9 Å². The van der Waals surface area contributed by atoms with E-state index in [1.807, 2.05) is 49.4 Å². The Labute approximate surface area is 118 Å². The molecule has 4 heteroatoms. The van der Waals surface area contributed by atoms with Gasteiger partial charge < -0.3 is 14.8 Å². The fourth-order valence-corrected chi connectivity index (χ4v) is 2.04. The maximum absolute atomic E-state index is 11.9. The van der Waals surface area contributed by atoms with Crippen molar-refractivity contribution in [1.29, 1.82) is 0 Å². The number of hydrogen-bond acceptors (Lipinski definition) is 3. The summed E-state index contributed by atoms with van der Waals surface area (Å²) in [6.45, 7) is 1.76. The van der Waals surface area contributed by atoms with Crippen molar-refractivity contribution in [2.24, 2.45) is 0 Å². The highest BCUT2D eigenvalue weighted by atomic mass is 16.3. The number of benzene rings is 1. The van der Waals surface area contributed by atoms with E-state index in [-0.39, 0.29) is 18.6 Å². The molecule has 20 heavy (non-hydrogen) atoms. The van der Waals surface area contributed by atoms with E-state index in [9.17, 15) is 9.90 Å². The van der Waals surface area contributed by atoms with Gasteiger partial charge in [0.25, 0.3) is 0 Å². The van der Waals surface area contributed by atoms with Gasteiger partial charge in [0.15, 0.2) is 0 Å². The van der Waals surface area contributed by atoms with Gasteiger partial charge in [0, 0.05) is 12.8 Å².